The third kappa shape index (κ3) is 2.96. The predicted molar refractivity (Wildman–Crippen MR) is 88.2 cm³/mol. The fourth-order valence-electron chi connectivity index (χ4n) is 2.38. The van der Waals surface area contributed by atoms with Gasteiger partial charge in [0.1, 0.15) is 30.3 Å². The van der Waals surface area contributed by atoms with Gasteiger partial charge in [-0.1, -0.05) is 23.7 Å². The second kappa shape index (κ2) is 5.72. The number of hydrogen-bond donors (Lipinski definition) is 0. The molecule has 3 aromatic rings. The summed E-state index contributed by atoms with van der Waals surface area (Å²) in [5.41, 5.74) is 1.71. The minimum atomic E-state index is -0.0781. The van der Waals surface area contributed by atoms with Crippen molar-refractivity contribution in [1.29, 1.82) is 0 Å². The molecule has 0 aliphatic carbocycles. The molecule has 0 bridgehead atoms. The second-order valence-electron chi connectivity index (χ2n) is 5.41. The van der Waals surface area contributed by atoms with E-state index < -0.39 is 0 Å². The summed E-state index contributed by atoms with van der Waals surface area (Å²) < 4.78 is 16.3. The molecule has 1 aromatic heterocycles. The van der Waals surface area contributed by atoms with Crippen molar-refractivity contribution in [2.45, 2.75) is 6.10 Å². The zero-order valence-corrected chi connectivity index (χ0v) is 12.9. The van der Waals surface area contributed by atoms with Crippen LogP contribution in [0.2, 0.25) is 5.02 Å². The quantitative estimate of drug-likeness (QED) is 0.682. The normalized spacial score (nSPS) is 16.5. The van der Waals surface area contributed by atoms with E-state index in [9.17, 15) is 4.79 Å². The first kappa shape index (κ1) is 14.3. The van der Waals surface area contributed by atoms with Crippen molar-refractivity contribution in [2.24, 2.45) is 0 Å². The number of ether oxygens (including phenoxy) is 2. The summed E-state index contributed by atoms with van der Waals surface area (Å²) in [6.45, 7) is 1.26. The maximum atomic E-state index is 12.6. The fourth-order valence-corrected chi connectivity index (χ4v) is 2.51. The molecule has 116 valence electrons. The van der Waals surface area contributed by atoms with Gasteiger partial charge in [0.2, 0.25) is 0 Å². The van der Waals surface area contributed by atoms with Gasteiger partial charge >= 0.3 is 0 Å². The molecule has 0 N–H and O–H groups in total. The minimum Gasteiger partial charge on any atom is -0.491 e. The van der Waals surface area contributed by atoms with Crippen molar-refractivity contribution in [1.82, 2.24) is 0 Å². The van der Waals surface area contributed by atoms with Crippen LogP contribution in [0.25, 0.3) is 22.1 Å². The van der Waals surface area contributed by atoms with E-state index in [1.54, 1.807) is 42.5 Å². The lowest BCUT2D eigenvalue weighted by molar-refractivity contribution is 0.263. The standard InChI is InChI=1S/C18H13ClO4/c19-12-3-1-11(2-4-12)16-10-23-17-7-13(21-8-14-9-22-14)5-6-15(17)18(16)20/h1-7,10,14H,8-9H2. The van der Waals surface area contributed by atoms with Gasteiger partial charge in [-0.05, 0) is 29.8 Å². The molecule has 0 saturated carbocycles. The number of benzene rings is 2. The van der Waals surface area contributed by atoms with Crippen LogP contribution in [0.15, 0.2) is 57.9 Å². The van der Waals surface area contributed by atoms with E-state index in [-0.39, 0.29) is 11.5 Å². The number of fused-ring (bicyclic) bond motifs is 1. The highest BCUT2D eigenvalue weighted by atomic mass is 35.5. The Balaban J connectivity index is 1.71. The van der Waals surface area contributed by atoms with E-state index in [1.807, 2.05) is 0 Å². The Morgan fingerprint density at radius 2 is 1.96 bits per heavy atom. The number of rotatable bonds is 4. The SMILES string of the molecule is O=c1c(-c2ccc(Cl)cc2)coc2cc(OCC3CO3)ccc12. The summed E-state index contributed by atoms with van der Waals surface area (Å²) >= 11 is 5.88. The van der Waals surface area contributed by atoms with Gasteiger partial charge < -0.3 is 13.9 Å². The van der Waals surface area contributed by atoms with Gasteiger partial charge in [-0.15, -0.1) is 0 Å². The summed E-state index contributed by atoms with van der Waals surface area (Å²) in [5, 5.41) is 1.15. The molecule has 1 atom stereocenters. The van der Waals surface area contributed by atoms with Crippen molar-refractivity contribution >= 4 is 22.6 Å². The molecule has 1 aliphatic rings. The van der Waals surface area contributed by atoms with Gasteiger partial charge in [-0.3, -0.25) is 4.79 Å². The molecule has 1 fully saturated rings. The van der Waals surface area contributed by atoms with Crippen molar-refractivity contribution in [3.8, 4) is 16.9 Å². The maximum Gasteiger partial charge on any atom is 0.200 e. The van der Waals surface area contributed by atoms with E-state index in [0.29, 0.717) is 33.9 Å². The van der Waals surface area contributed by atoms with Crippen LogP contribution >= 0.6 is 11.6 Å². The van der Waals surface area contributed by atoms with E-state index in [4.69, 9.17) is 25.5 Å². The highest BCUT2D eigenvalue weighted by molar-refractivity contribution is 6.30. The summed E-state index contributed by atoms with van der Waals surface area (Å²) in [6, 6.07) is 12.3. The Hall–Kier alpha value is -2.30. The highest BCUT2D eigenvalue weighted by Crippen LogP contribution is 2.24. The summed E-state index contributed by atoms with van der Waals surface area (Å²) in [4.78, 5) is 12.6. The molecule has 1 aliphatic heterocycles. The molecule has 2 heterocycles. The van der Waals surface area contributed by atoms with Crippen LogP contribution < -0.4 is 10.2 Å². The average Bonchev–Trinajstić information content (AvgIpc) is 3.39. The van der Waals surface area contributed by atoms with E-state index in [1.165, 1.54) is 6.26 Å². The lowest BCUT2D eigenvalue weighted by atomic mass is 10.1. The van der Waals surface area contributed by atoms with E-state index >= 15 is 0 Å². The predicted octanol–water partition coefficient (Wildman–Crippen LogP) is 3.89. The smallest absolute Gasteiger partial charge is 0.200 e. The first-order valence-corrected chi connectivity index (χ1v) is 7.64. The molecule has 2 aromatic carbocycles. The number of halogens is 1. The molecular formula is C18H13ClO4. The van der Waals surface area contributed by atoms with Gasteiger partial charge in [0.15, 0.2) is 5.43 Å². The molecule has 4 rings (SSSR count). The van der Waals surface area contributed by atoms with Crippen LogP contribution in [0, 0.1) is 0 Å². The molecule has 1 unspecified atom stereocenters. The maximum absolute atomic E-state index is 12.6. The molecule has 1 saturated heterocycles. The van der Waals surface area contributed by atoms with Gasteiger partial charge in [0, 0.05) is 11.1 Å². The van der Waals surface area contributed by atoms with Gasteiger partial charge in [-0.2, -0.15) is 0 Å². The van der Waals surface area contributed by atoms with Crippen LogP contribution in [0.1, 0.15) is 0 Å². The highest BCUT2D eigenvalue weighted by Gasteiger charge is 2.23. The lowest BCUT2D eigenvalue weighted by Crippen LogP contribution is -2.06. The molecule has 5 heteroatoms. The Morgan fingerprint density at radius 3 is 2.70 bits per heavy atom. The first-order valence-electron chi connectivity index (χ1n) is 7.26. The molecule has 4 nitrogen and oxygen atoms in total. The molecule has 0 radical (unpaired) electrons. The molecule has 23 heavy (non-hydrogen) atoms. The molecule has 0 spiro atoms. The molecule has 0 amide bonds. The van der Waals surface area contributed by atoms with Crippen molar-refractivity contribution in [3.63, 3.8) is 0 Å². The summed E-state index contributed by atoms with van der Waals surface area (Å²) in [5.74, 6) is 0.662. The third-order valence-corrected chi connectivity index (χ3v) is 3.99. The van der Waals surface area contributed by atoms with Crippen LogP contribution in [-0.4, -0.2) is 19.3 Å². The third-order valence-electron chi connectivity index (χ3n) is 3.74. The summed E-state index contributed by atoms with van der Waals surface area (Å²) in [6.07, 6.45) is 1.66. The van der Waals surface area contributed by atoms with Crippen molar-refractivity contribution in [2.75, 3.05) is 13.2 Å². The van der Waals surface area contributed by atoms with Gasteiger partial charge in [0.05, 0.1) is 17.6 Å². The average molecular weight is 329 g/mol. The Morgan fingerprint density at radius 1 is 1.17 bits per heavy atom. The Bertz CT molecular complexity index is 910. The van der Waals surface area contributed by atoms with Crippen LogP contribution in [0.3, 0.4) is 0 Å². The van der Waals surface area contributed by atoms with E-state index in [0.717, 1.165) is 12.2 Å². The Labute approximate surface area is 137 Å². The van der Waals surface area contributed by atoms with Gasteiger partial charge in [0.25, 0.3) is 0 Å². The Kier molecular flexibility index (Phi) is 3.56. The van der Waals surface area contributed by atoms with Crippen LogP contribution in [-0.2, 0) is 4.74 Å². The largest absolute Gasteiger partial charge is 0.491 e. The van der Waals surface area contributed by atoms with Crippen LogP contribution in [0.4, 0.5) is 0 Å². The lowest BCUT2D eigenvalue weighted by Gasteiger charge is -2.06. The number of hydrogen-bond acceptors (Lipinski definition) is 4. The van der Waals surface area contributed by atoms with Crippen molar-refractivity contribution < 1.29 is 13.9 Å². The van der Waals surface area contributed by atoms with Crippen molar-refractivity contribution in [3.05, 3.63) is 64.0 Å². The summed E-state index contributed by atoms with van der Waals surface area (Å²) in [7, 11) is 0. The second-order valence-corrected chi connectivity index (χ2v) is 5.85. The van der Waals surface area contributed by atoms with Crippen LogP contribution in [0.5, 0.6) is 5.75 Å². The van der Waals surface area contributed by atoms with E-state index in [2.05, 4.69) is 0 Å². The number of epoxide rings is 1. The first-order chi connectivity index (χ1) is 11.2. The zero-order valence-electron chi connectivity index (χ0n) is 12.1. The molecular weight excluding hydrogens is 316 g/mol. The van der Waals surface area contributed by atoms with Gasteiger partial charge in [-0.25, -0.2) is 0 Å². The fraction of sp³-hybridized carbons (Fsp3) is 0.167. The monoisotopic (exact) mass is 328 g/mol. The zero-order chi connectivity index (χ0) is 15.8. The minimum absolute atomic E-state index is 0.0781. The topological polar surface area (TPSA) is 52.0 Å².